The summed E-state index contributed by atoms with van der Waals surface area (Å²) in [5.41, 5.74) is 6.42. The molecule has 15 heavy (non-hydrogen) atoms. The molecule has 0 radical (unpaired) electrons. The third-order valence-corrected chi connectivity index (χ3v) is 1.89. The van der Waals surface area contributed by atoms with Crippen molar-refractivity contribution in [1.82, 2.24) is 0 Å². The quantitative estimate of drug-likeness (QED) is 0.463. The number of nitrogen functional groups attached to an aromatic ring is 1. The summed E-state index contributed by atoms with van der Waals surface area (Å²) in [4.78, 5) is 11.6. The number of terminal acetylenes is 1. The predicted molar refractivity (Wildman–Crippen MR) is 59.2 cm³/mol. The highest BCUT2D eigenvalue weighted by Crippen LogP contribution is 2.13. The minimum absolute atomic E-state index is 0.290. The van der Waals surface area contributed by atoms with Gasteiger partial charge in [0.2, 0.25) is 0 Å². The summed E-state index contributed by atoms with van der Waals surface area (Å²) >= 11 is 0. The molecular formula is C12H13NO2. The average molecular weight is 203 g/mol. The largest absolute Gasteiger partial charge is 0.458 e. The van der Waals surface area contributed by atoms with E-state index < -0.39 is 5.97 Å². The smallest absolute Gasteiger partial charge is 0.340 e. The van der Waals surface area contributed by atoms with Crippen LogP contribution in [0.5, 0.6) is 0 Å². The molecule has 0 saturated heterocycles. The van der Waals surface area contributed by atoms with Crippen molar-refractivity contribution in [1.29, 1.82) is 0 Å². The Morgan fingerprint density at radius 3 is 2.87 bits per heavy atom. The summed E-state index contributed by atoms with van der Waals surface area (Å²) < 4.78 is 5.10. The molecule has 3 nitrogen and oxygen atoms in total. The van der Waals surface area contributed by atoms with Gasteiger partial charge in [-0.3, -0.25) is 0 Å². The molecule has 1 aromatic rings. The first kappa shape index (κ1) is 11.1. The van der Waals surface area contributed by atoms with Gasteiger partial charge >= 0.3 is 5.97 Å². The second-order valence-electron chi connectivity index (χ2n) is 3.21. The highest BCUT2D eigenvalue weighted by atomic mass is 16.5. The number of para-hydroxylation sites is 1. The van der Waals surface area contributed by atoms with Gasteiger partial charge in [0.25, 0.3) is 0 Å². The zero-order chi connectivity index (χ0) is 11.3. The van der Waals surface area contributed by atoms with E-state index in [0.29, 0.717) is 17.7 Å². The molecule has 1 rings (SSSR count). The molecule has 0 bridgehead atoms. The van der Waals surface area contributed by atoms with Gasteiger partial charge in [-0.1, -0.05) is 12.1 Å². The normalized spacial score (nSPS) is 11.5. The van der Waals surface area contributed by atoms with Gasteiger partial charge in [0, 0.05) is 12.1 Å². The Balaban J connectivity index is 2.70. The summed E-state index contributed by atoms with van der Waals surface area (Å²) in [6.07, 6.45) is 5.22. The summed E-state index contributed by atoms with van der Waals surface area (Å²) in [7, 11) is 0. The highest BCUT2D eigenvalue weighted by Gasteiger charge is 2.13. The lowest BCUT2D eigenvalue weighted by Gasteiger charge is -2.11. The van der Waals surface area contributed by atoms with Crippen LogP contribution in [0.4, 0.5) is 5.69 Å². The summed E-state index contributed by atoms with van der Waals surface area (Å²) in [5.74, 6) is 2.00. The molecule has 78 valence electrons. The van der Waals surface area contributed by atoms with Crippen molar-refractivity contribution < 1.29 is 9.53 Å². The van der Waals surface area contributed by atoms with Crippen molar-refractivity contribution in [3.05, 3.63) is 29.8 Å². The van der Waals surface area contributed by atoms with Crippen LogP contribution in [0.1, 0.15) is 23.7 Å². The molecule has 1 aromatic carbocycles. The SMILES string of the molecule is C#CCC(C)OC(=O)c1ccccc1N. The van der Waals surface area contributed by atoms with E-state index in [9.17, 15) is 4.79 Å². The van der Waals surface area contributed by atoms with Crippen LogP contribution in [0.15, 0.2) is 24.3 Å². The van der Waals surface area contributed by atoms with Crippen molar-refractivity contribution in [2.45, 2.75) is 19.4 Å². The van der Waals surface area contributed by atoms with E-state index in [4.69, 9.17) is 16.9 Å². The molecule has 1 atom stereocenters. The second kappa shape index (κ2) is 5.06. The number of carbonyl (C=O) groups excluding carboxylic acids is 1. The predicted octanol–water partition coefficient (Wildman–Crippen LogP) is 1.84. The minimum atomic E-state index is -0.434. The molecular weight excluding hydrogens is 190 g/mol. The number of ether oxygens (including phenoxy) is 1. The maximum absolute atomic E-state index is 11.6. The molecule has 0 aliphatic carbocycles. The highest BCUT2D eigenvalue weighted by molar-refractivity contribution is 5.95. The number of nitrogens with two attached hydrogens (primary N) is 1. The van der Waals surface area contributed by atoms with Crippen LogP contribution in [0.2, 0.25) is 0 Å². The summed E-state index contributed by atoms with van der Waals surface area (Å²) in [6, 6.07) is 6.78. The molecule has 0 fully saturated rings. The number of carbonyl (C=O) groups is 1. The molecule has 1 unspecified atom stereocenters. The maximum Gasteiger partial charge on any atom is 0.340 e. The Morgan fingerprint density at radius 1 is 1.60 bits per heavy atom. The molecule has 2 N–H and O–H groups in total. The van der Waals surface area contributed by atoms with Gasteiger partial charge in [0.1, 0.15) is 6.10 Å². The minimum Gasteiger partial charge on any atom is -0.458 e. The van der Waals surface area contributed by atoms with E-state index in [1.54, 1.807) is 31.2 Å². The molecule has 0 spiro atoms. The lowest BCUT2D eigenvalue weighted by atomic mass is 10.2. The number of benzene rings is 1. The van der Waals surface area contributed by atoms with Crippen LogP contribution in [0, 0.1) is 12.3 Å². The summed E-state index contributed by atoms with van der Waals surface area (Å²) in [6.45, 7) is 1.75. The Hall–Kier alpha value is -1.95. The van der Waals surface area contributed by atoms with Crippen LogP contribution >= 0.6 is 0 Å². The standard InChI is InChI=1S/C12H13NO2/c1-3-6-9(2)15-12(14)10-7-4-5-8-11(10)13/h1,4-5,7-9H,6,13H2,2H3. The van der Waals surface area contributed by atoms with Crippen LogP contribution in [-0.2, 0) is 4.74 Å². The van der Waals surface area contributed by atoms with Gasteiger partial charge in [-0.2, -0.15) is 0 Å². The van der Waals surface area contributed by atoms with E-state index in [-0.39, 0.29) is 6.10 Å². The zero-order valence-electron chi connectivity index (χ0n) is 8.57. The number of anilines is 1. The Kier molecular flexibility index (Phi) is 3.75. The van der Waals surface area contributed by atoms with Crippen LogP contribution < -0.4 is 5.73 Å². The zero-order valence-corrected chi connectivity index (χ0v) is 8.57. The fourth-order valence-corrected chi connectivity index (χ4v) is 1.14. The Morgan fingerprint density at radius 2 is 2.27 bits per heavy atom. The van der Waals surface area contributed by atoms with E-state index in [1.165, 1.54) is 0 Å². The first-order valence-electron chi connectivity index (χ1n) is 4.64. The number of hydrogen-bond donors (Lipinski definition) is 1. The van der Waals surface area contributed by atoms with Crippen LogP contribution in [0.3, 0.4) is 0 Å². The lowest BCUT2D eigenvalue weighted by molar-refractivity contribution is 0.0353. The van der Waals surface area contributed by atoms with E-state index in [0.717, 1.165) is 0 Å². The Bertz CT molecular complexity index is 393. The van der Waals surface area contributed by atoms with Crippen molar-refractivity contribution in [2.75, 3.05) is 5.73 Å². The first-order chi connectivity index (χ1) is 7.15. The van der Waals surface area contributed by atoms with Gasteiger partial charge in [0.15, 0.2) is 0 Å². The van der Waals surface area contributed by atoms with Crippen molar-refractivity contribution in [2.24, 2.45) is 0 Å². The lowest BCUT2D eigenvalue weighted by Crippen LogP contribution is -2.15. The number of esters is 1. The van der Waals surface area contributed by atoms with Gasteiger partial charge in [-0.25, -0.2) is 4.79 Å². The van der Waals surface area contributed by atoms with Gasteiger partial charge in [-0.05, 0) is 19.1 Å². The van der Waals surface area contributed by atoms with Gasteiger partial charge < -0.3 is 10.5 Å². The molecule has 0 aliphatic rings. The van der Waals surface area contributed by atoms with Crippen LogP contribution in [0.25, 0.3) is 0 Å². The maximum atomic E-state index is 11.6. The average Bonchev–Trinajstić information content (AvgIpc) is 2.18. The van der Waals surface area contributed by atoms with E-state index in [1.807, 2.05) is 0 Å². The summed E-state index contributed by atoms with van der Waals surface area (Å²) in [5, 5.41) is 0. The molecule has 0 heterocycles. The molecule has 0 aromatic heterocycles. The Labute approximate surface area is 89.2 Å². The molecule has 0 amide bonds. The topological polar surface area (TPSA) is 52.3 Å². The molecule has 3 heteroatoms. The van der Waals surface area contributed by atoms with Crippen molar-refractivity contribution in [3.8, 4) is 12.3 Å². The fraction of sp³-hybridized carbons (Fsp3) is 0.250. The first-order valence-corrected chi connectivity index (χ1v) is 4.64. The fourth-order valence-electron chi connectivity index (χ4n) is 1.14. The second-order valence-corrected chi connectivity index (χ2v) is 3.21. The number of hydrogen-bond acceptors (Lipinski definition) is 3. The van der Waals surface area contributed by atoms with Crippen molar-refractivity contribution >= 4 is 11.7 Å². The molecule has 0 saturated carbocycles. The van der Waals surface area contributed by atoms with E-state index in [2.05, 4.69) is 5.92 Å². The van der Waals surface area contributed by atoms with Crippen molar-refractivity contribution in [3.63, 3.8) is 0 Å². The third-order valence-electron chi connectivity index (χ3n) is 1.89. The molecule has 0 aliphatic heterocycles. The number of rotatable bonds is 3. The van der Waals surface area contributed by atoms with E-state index >= 15 is 0 Å². The van der Waals surface area contributed by atoms with Crippen LogP contribution in [-0.4, -0.2) is 12.1 Å². The van der Waals surface area contributed by atoms with Gasteiger partial charge in [0.05, 0.1) is 5.56 Å². The third kappa shape index (κ3) is 3.03. The van der Waals surface area contributed by atoms with Gasteiger partial charge in [-0.15, -0.1) is 12.3 Å². The monoisotopic (exact) mass is 203 g/mol.